The predicted octanol–water partition coefficient (Wildman–Crippen LogP) is 1.00. The molecule has 1 unspecified atom stereocenters. The van der Waals surface area contributed by atoms with Gasteiger partial charge in [-0.15, -0.1) is 0 Å². The lowest BCUT2D eigenvalue weighted by Gasteiger charge is -2.13. The van der Waals surface area contributed by atoms with Crippen LogP contribution in [-0.4, -0.2) is 32.7 Å². The summed E-state index contributed by atoms with van der Waals surface area (Å²) in [5.74, 6) is 1.43. The zero-order valence-electron chi connectivity index (χ0n) is 9.95. The lowest BCUT2D eigenvalue weighted by Crippen LogP contribution is -2.29. The van der Waals surface area contributed by atoms with Gasteiger partial charge in [0.25, 0.3) is 0 Å². The van der Waals surface area contributed by atoms with Gasteiger partial charge in [-0.3, -0.25) is 4.79 Å². The van der Waals surface area contributed by atoms with Crippen LogP contribution in [0.5, 0.6) is 11.5 Å². The highest BCUT2D eigenvalue weighted by molar-refractivity contribution is 5.86. The molecule has 2 rings (SSSR count). The monoisotopic (exact) mass is 236 g/mol. The maximum Gasteiger partial charge on any atom is 0.242 e. The van der Waals surface area contributed by atoms with E-state index >= 15 is 0 Å². The Kier molecular flexibility index (Phi) is 3.37. The zero-order chi connectivity index (χ0) is 12.3. The number of methoxy groups -OCH3 is 2. The molecule has 1 saturated heterocycles. The third kappa shape index (κ3) is 2.61. The first kappa shape index (κ1) is 11.6. The number of nitrogens with one attached hydrogen (secondary N) is 2. The van der Waals surface area contributed by atoms with Crippen LogP contribution in [-0.2, 0) is 4.79 Å². The molecular formula is C12H16N2O3. The number of rotatable bonds is 4. The summed E-state index contributed by atoms with van der Waals surface area (Å²) in [7, 11) is 3.20. The molecule has 0 spiro atoms. The molecule has 1 aliphatic rings. The number of anilines is 1. The summed E-state index contributed by atoms with van der Waals surface area (Å²) in [5.41, 5.74) is 0.822. The summed E-state index contributed by atoms with van der Waals surface area (Å²) in [5, 5.41) is 5.95. The standard InChI is InChI=1S/C12H16N2O3/c1-16-9-5-8(6-10(7-9)17-2)14-11-3-4-13-12(11)15/h5-7,11,14H,3-4H2,1-2H3,(H,13,15). The molecule has 5 heteroatoms. The van der Waals surface area contributed by atoms with Gasteiger partial charge >= 0.3 is 0 Å². The van der Waals surface area contributed by atoms with Crippen molar-refractivity contribution in [3.8, 4) is 11.5 Å². The van der Waals surface area contributed by atoms with E-state index in [1.165, 1.54) is 0 Å². The highest BCUT2D eigenvalue weighted by Gasteiger charge is 2.23. The average Bonchev–Trinajstić information content (AvgIpc) is 2.74. The number of hydrogen-bond donors (Lipinski definition) is 2. The molecular weight excluding hydrogens is 220 g/mol. The second-order valence-corrected chi connectivity index (χ2v) is 3.88. The fourth-order valence-electron chi connectivity index (χ4n) is 1.82. The average molecular weight is 236 g/mol. The lowest BCUT2D eigenvalue weighted by atomic mass is 10.2. The molecule has 17 heavy (non-hydrogen) atoms. The van der Waals surface area contributed by atoms with Crippen molar-refractivity contribution in [2.24, 2.45) is 0 Å². The second kappa shape index (κ2) is 4.95. The van der Waals surface area contributed by atoms with Crippen LogP contribution in [0.4, 0.5) is 5.69 Å². The Labute approximate surface area is 100 Å². The highest BCUT2D eigenvalue weighted by atomic mass is 16.5. The van der Waals surface area contributed by atoms with Crippen molar-refractivity contribution < 1.29 is 14.3 Å². The van der Waals surface area contributed by atoms with Crippen molar-refractivity contribution in [3.05, 3.63) is 18.2 Å². The number of ether oxygens (including phenoxy) is 2. The Morgan fingerprint density at radius 1 is 1.24 bits per heavy atom. The molecule has 92 valence electrons. The minimum absolute atomic E-state index is 0.0341. The van der Waals surface area contributed by atoms with Crippen LogP contribution in [0, 0.1) is 0 Å². The Morgan fingerprint density at radius 3 is 2.35 bits per heavy atom. The van der Waals surface area contributed by atoms with E-state index in [2.05, 4.69) is 10.6 Å². The van der Waals surface area contributed by atoms with Crippen LogP contribution < -0.4 is 20.1 Å². The van der Waals surface area contributed by atoms with Crippen molar-refractivity contribution in [1.82, 2.24) is 5.32 Å². The summed E-state index contributed by atoms with van der Waals surface area (Å²) in [6.45, 7) is 0.720. The Hall–Kier alpha value is -1.91. The Morgan fingerprint density at radius 2 is 1.88 bits per heavy atom. The largest absolute Gasteiger partial charge is 0.497 e. The van der Waals surface area contributed by atoms with Crippen LogP contribution in [0.1, 0.15) is 6.42 Å². The van der Waals surface area contributed by atoms with Gasteiger partial charge in [0, 0.05) is 30.4 Å². The smallest absolute Gasteiger partial charge is 0.242 e. The maximum absolute atomic E-state index is 11.5. The third-order valence-corrected chi connectivity index (χ3v) is 2.74. The topological polar surface area (TPSA) is 59.6 Å². The van der Waals surface area contributed by atoms with Gasteiger partial charge in [-0.2, -0.15) is 0 Å². The Balaban J connectivity index is 2.16. The molecule has 1 fully saturated rings. The molecule has 0 aromatic heterocycles. The fourth-order valence-corrected chi connectivity index (χ4v) is 1.82. The summed E-state index contributed by atoms with van der Waals surface area (Å²) in [4.78, 5) is 11.5. The van der Waals surface area contributed by atoms with Gasteiger partial charge in [0.1, 0.15) is 17.5 Å². The van der Waals surface area contributed by atoms with Crippen LogP contribution in [0.2, 0.25) is 0 Å². The van der Waals surface area contributed by atoms with Gasteiger partial charge in [-0.05, 0) is 6.42 Å². The molecule has 1 aromatic carbocycles. The fraction of sp³-hybridized carbons (Fsp3) is 0.417. The number of benzene rings is 1. The molecule has 1 heterocycles. The van der Waals surface area contributed by atoms with E-state index < -0.39 is 0 Å². The number of hydrogen-bond acceptors (Lipinski definition) is 4. The van der Waals surface area contributed by atoms with Gasteiger partial charge in [0.2, 0.25) is 5.91 Å². The first-order chi connectivity index (χ1) is 8.22. The highest BCUT2D eigenvalue weighted by Crippen LogP contribution is 2.26. The quantitative estimate of drug-likeness (QED) is 0.819. The van der Waals surface area contributed by atoms with Crippen LogP contribution in [0.15, 0.2) is 18.2 Å². The van der Waals surface area contributed by atoms with Crippen molar-refractivity contribution in [1.29, 1.82) is 0 Å². The number of carbonyl (C=O) groups excluding carboxylic acids is 1. The van der Waals surface area contributed by atoms with E-state index in [4.69, 9.17) is 9.47 Å². The first-order valence-corrected chi connectivity index (χ1v) is 5.50. The summed E-state index contributed by atoms with van der Waals surface area (Å²) in [6.07, 6.45) is 0.790. The van der Waals surface area contributed by atoms with E-state index in [1.54, 1.807) is 20.3 Å². The minimum Gasteiger partial charge on any atom is -0.497 e. The third-order valence-electron chi connectivity index (χ3n) is 2.74. The van der Waals surface area contributed by atoms with E-state index in [-0.39, 0.29) is 11.9 Å². The van der Waals surface area contributed by atoms with Crippen molar-refractivity contribution >= 4 is 11.6 Å². The van der Waals surface area contributed by atoms with E-state index in [1.807, 2.05) is 12.1 Å². The Bertz CT molecular complexity index is 398. The van der Waals surface area contributed by atoms with Crippen molar-refractivity contribution in [3.63, 3.8) is 0 Å². The van der Waals surface area contributed by atoms with Crippen LogP contribution >= 0.6 is 0 Å². The van der Waals surface area contributed by atoms with Gasteiger partial charge < -0.3 is 20.1 Å². The van der Waals surface area contributed by atoms with Crippen LogP contribution in [0.25, 0.3) is 0 Å². The summed E-state index contributed by atoms with van der Waals surface area (Å²) in [6, 6.07) is 5.30. The number of carbonyl (C=O) groups is 1. The molecule has 5 nitrogen and oxygen atoms in total. The zero-order valence-corrected chi connectivity index (χ0v) is 9.95. The first-order valence-electron chi connectivity index (χ1n) is 5.50. The molecule has 0 radical (unpaired) electrons. The predicted molar refractivity (Wildman–Crippen MR) is 64.6 cm³/mol. The van der Waals surface area contributed by atoms with Crippen LogP contribution in [0.3, 0.4) is 0 Å². The molecule has 1 aromatic rings. The van der Waals surface area contributed by atoms with E-state index in [9.17, 15) is 4.79 Å². The van der Waals surface area contributed by atoms with Gasteiger partial charge in [-0.1, -0.05) is 0 Å². The minimum atomic E-state index is -0.174. The molecule has 0 aliphatic carbocycles. The molecule has 0 bridgehead atoms. The van der Waals surface area contributed by atoms with E-state index in [0.717, 1.165) is 18.7 Å². The lowest BCUT2D eigenvalue weighted by molar-refractivity contribution is -0.119. The van der Waals surface area contributed by atoms with Gasteiger partial charge in [0.15, 0.2) is 0 Å². The number of amides is 1. The summed E-state index contributed by atoms with van der Waals surface area (Å²) < 4.78 is 10.3. The normalized spacial score (nSPS) is 18.7. The molecule has 1 aliphatic heterocycles. The maximum atomic E-state index is 11.5. The SMILES string of the molecule is COc1cc(NC2CCNC2=O)cc(OC)c1. The molecule has 1 amide bonds. The van der Waals surface area contributed by atoms with E-state index in [0.29, 0.717) is 11.5 Å². The summed E-state index contributed by atoms with van der Waals surface area (Å²) >= 11 is 0. The molecule has 2 N–H and O–H groups in total. The van der Waals surface area contributed by atoms with Crippen molar-refractivity contribution in [2.45, 2.75) is 12.5 Å². The van der Waals surface area contributed by atoms with Gasteiger partial charge in [-0.25, -0.2) is 0 Å². The van der Waals surface area contributed by atoms with Gasteiger partial charge in [0.05, 0.1) is 14.2 Å². The molecule has 1 atom stereocenters. The van der Waals surface area contributed by atoms with Crippen molar-refractivity contribution in [2.75, 3.05) is 26.1 Å². The molecule has 0 saturated carbocycles. The second-order valence-electron chi connectivity index (χ2n) is 3.88.